The van der Waals surface area contributed by atoms with Crippen molar-refractivity contribution in [3.8, 4) is 10.6 Å². The Kier molecular flexibility index (Phi) is 6.61. The fourth-order valence-corrected chi connectivity index (χ4v) is 4.65. The van der Waals surface area contributed by atoms with E-state index >= 15 is 0 Å². The zero-order chi connectivity index (χ0) is 22.5. The number of nitrogens with zero attached hydrogens (tertiary/aromatic N) is 2. The van der Waals surface area contributed by atoms with E-state index in [1.807, 2.05) is 35.2 Å². The van der Waals surface area contributed by atoms with E-state index in [1.165, 1.54) is 29.7 Å². The van der Waals surface area contributed by atoms with Gasteiger partial charge in [-0.3, -0.25) is 9.59 Å². The van der Waals surface area contributed by atoms with Crippen molar-refractivity contribution in [1.82, 2.24) is 15.2 Å². The molecule has 0 aliphatic carbocycles. The minimum atomic E-state index is -1.01. The van der Waals surface area contributed by atoms with Crippen molar-refractivity contribution in [2.45, 2.75) is 25.3 Å². The van der Waals surface area contributed by atoms with Crippen LogP contribution < -0.4 is 5.32 Å². The average molecular weight is 450 g/mol. The second kappa shape index (κ2) is 9.74. The summed E-state index contributed by atoms with van der Waals surface area (Å²) < 4.78 is 0. The first-order valence-corrected chi connectivity index (χ1v) is 11.3. The first-order chi connectivity index (χ1) is 15.5. The fraction of sp³-hybridized carbons (Fsp3) is 0.250. The lowest BCUT2D eigenvalue weighted by atomic mass is 10.0. The Labute approximate surface area is 189 Å². The van der Waals surface area contributed by atoms with Crippen LogP contribution in [0.5, 0.6) is 0 Å². The van der Waals surface area contributed by atoms with Crippen LogP contribution in [0.4, 0.5) is 0 Å². The molecule has 2 heterocycles. The molecule has 1 saturated heterocycles. The number of benzene rings is 2. The minimum absolute atomic E-state index is 0.0112. The number of piperidine rings is 1. The van der Waals surface area contributed by atoms with Gasteiger partial charge in [-0.1, -0.05) is 30.3 Å². The van der Waals surface area contributed by atoms with Crippen LogP contribution in [0.1, 0.15) is 49.7 Å². The van der Waals surface area contributed by atoms with E-state index in [4.69, 9.17) is 5.11 Å². The molecule has 1 unspecified atom stereocenters. The molecule has 0 saturated carbocycles. The predicted molar refractivity (Wildman–Crippen MR) is 122 cm³/mol. The molecule has 0 bridgehead atoms. The molecular formula is C24H23N3O4S. The molecule has 1 fully saturated rings. The number of amides is 2. The zero-order valence-corrected chi connectivity index (χ0v) is 18.2. The molecule has 2 amide bonds. The Hall–Kier alpha value is -3.52. The monoisotopic (exact) mass is 449 g/mol. The molecule has 2 N–H and O–H groups in total. The molecule has 32 heavy (non-hydrogen) atoms. The van der Waals surface area contributed by atoms with Crippen LogP contribution in [-0.4, -0.2) is 51.9 Å². The molecule has 0 spiro atoms. The molecule has 1 atom stereocenters. The molecular weight excluding hydrogens is 426 g/mol. The van der Waals surface area contributed by atoms with Crippen LogP contribution in [0.3, 0.4) is 0 Å². The number of carboxylic acid groups (broad SMARTS) is 1. The highest BCUT2D eigenvalue weighted by atomic mass is 32.1. The number of likely N-dealkylation sites (tertiary alicyclic amines) is 1. The molecule has 2 aromatic carbocycles. The van der Waals surface area contributed by atoms with Gasteiger partial charge in [-0.25, -0.2) is 9.78 Å². The van der Waals surface area contributed by atoms with Gasteiger partial charge in [0.25, 0.3) is 11.8 Å². The largest absolute Gasteiger partial charge is 0.478 e. The van der Waals surface area contributed by atoms with Gasteiger partial charge in [0.2, 0.25) is 0 Å². The van der Waals surface area contributed by atoms with Crippen LogP contribution in [0.15, 0.2) is 60.8 Å². The molecule has 1 aliphatic rings. The molecule has 0 radical (unpaired) electrons. The van der Waals surface area contributed by atoms with E-state index in [0.717, 1.165) is 19.3 Å². The standard InChI is InChI=1S/C24H23N3O4S/c28-21(20-15-26-22(32-20)17-9-6-10-18(13-17)24(30)31)25-14-19-11-4-5-12-27(19)23(29)16-7-2-1-3-8-16/h1-3,6-10,13,15,19H,4-5,11-12,14H2,(H,25,28)(H,30,31). The van der Waals surface area contributed by atoms with Crippen LogP contribution in [-0.2, 0) is 0 Å². The van der Waals surface area contributed by atoms with Gasteiger partial charge in [0, 0.05) is 30.3 Å². The smallest absolute Gasteiger partial charge is 0.335 e. The maximum Gasteiger partial charge on any atom is 0.335 e. The van der Waals surface area contributed by atoms with Crippen LogP contribution in [0.2, 0.25) is 0 Å². The van der Waals surface area contributed by atoms with Gasteiger partial charge in [-0.15, -0.1) is 11.3 Å². The van der Waals surface area contributed by atoms with Crippen molar-refractivity contribution in [2.24, 2.45) is 0 Å². The summed E-state index contributed by atoms with van der Waals surface area (Å²) in [4.78, 5) is 43.4. The molecule has 8 heteroatoms. The number of hydrogen-bond acceptors (Lipinski definition) is 5. The minimum Gasteiger partial charge on any atom is -0.478 e. The summed E-state index contributed by atoms with van der Waals surface area (Å²) in [6.45, 7) is 1.05. The third-order valence-corrected chi connectivity index (χ3v) is 6.54. The molecule has 7 nitrogen and oxygen atoms in total. The number of hydrogen-bond donors (Lipinski definition) is 2. The second-order valence-electron chi connectivity index (χ2n) is 7.64. The predicted octanol–water partition coefficient (Wildman–Crippen LogP) is 3.93. The van der Waals surface area contributed by atoms with Gasteiger partial charge >= 0.3 is 5.97 Å². The van der Waals surface area contributed by atoms with E-state index in [1.54, 1.807) is 12.1 Å². The lowest BCUT2D eigenvalue weighted by Gasteiger charge is -2.36. The Morgan fingerprint density at radius 2 is 1.84 bits per heavy atom. The van der Waals surface area contributed by atoms with E-state index in [0.29, 0.717) is 34.1 Å². The Balaban J connectivity index is 1.41. The van der Waals surface area contributed by atoms with Crippen molar-refractivity contribution in [3.63, 3.8) is 0 Å². The number of thiazole rings is 1. The summed E-state index contributed by atoms with van der Waals surface area (Å²) in [5, 5.41) is 12.7. The fourth-order valence-electron chi connectivity index (χ4n) is 3.82. The molecule has 4 rings (SSSR count). The SMILES string of the molecule is O=C(O)c1cccc(-c2ncc(C(=O)NCC3CCCCN3C(=O)c3ccccc3)s2)c1. The third-order valence-electron chi connectivity index (χ3n) is 5.49. The number of rotatable bonds is 6. The van der Waals surface area contributed by atoms with E-state index in [2.05, 4.69) is 10.3 Å². The zero-order valence-electron chi connectivity index (χ0n) is 17.4. The number of carbonyl (C=O) groups excluding carboxylic acids is 2. The maximum atomic E-state index is 12.9. The Morgan fingerprint density at radius 3 is 2.62 bits per heavy atom. The van der Waals surface area contributed by atoms with E-state index < -0.39 is 5.97 Å². The maximum absolute atomic E-state index is 12.9. The van der Waals surface area contributed by atoms with E-state index in [-0.39, 0.29) is 23.4 Å². The van der Waals surface area contributed by atoms with E-state index in [9.17, 15) is 14.4 Å². The average Bonchev–Trinajstić information content (AvgIpc) is 3.33. The second-order valence-corrected chi connectivity index (χ2v) is 8.67. The van der Waals surface area contributed by atoms with Gasteiger partial charge in [0.15, 0.2) is 0 Å². The number of carbonyl (C=O) groups is 3. The summed E-state index contributed by atoms with van der Waals surface area (Å²) in [5.41, 5.74) is 1.48. The third kappa shape index (κ3) is 4.86. The van der Waals surface area contributed by atoms with Crippen molar-refractivity contribution in [1.29, 1.82) is 0 Å². The quantitative estimate of drug-likeness (QED) is 0.594. The first kappa shape index (κ1) is 21.7. The number of nitrogens with one attached hydrogen (secondary N) is 1. The van der Waals surface area contributed by atoms with Gasteiger partial charge < -0.3 is 15.3 Å². The van der Waals surface area contributed by atoms with Crippen molar-refractivity contribution in [3.05, 3.63) is 76.8 Å². The Bertz CT molecular complexity index is 1130. The summed E-state index contributed by atoms with van der Waals surface area (Å²) in [6.07, 6.45) is 4.31. The normalized spacial score (nSPS) is 15.9. The highest BCUT2D eigenvalue weighted by Gasteiger charge is 2.28. The summed E-state index contributed by atoms with van der Waals surface area (Å²) in [5.74, 6) is -1.27. The van der Waals surface area contributed by atoms with Crippen molar-refractivity contribution < 1.29 is 19.5 Å². The Morgan fingerprint density at radius 1 is 1.06 bits per heavy atom. The van der Waals surface area contributed by atoms with Crippen molar-refractivity contribution >= 4 is 29.1 Å². The highest BCUT2D eigenvalue weighted by Crippen LogP contribution is 2.26. The lowest BCUT2D eigenvalue weighted by Crippen LogP contribution is -2.49. The molecule has 164 valence electrons. The van der Waals surface area contributed by atoms with Crippen LogP contribution in [0.25, 0.3) is 10.6 Å². The lowest BCUT2D eigenvalue weighted by molar-refractivity contribution is 0.0602. The van der Waals surface area contributed by atoms with Crippen LogP contribution >= 0.6 is 11.3 Å². The molecule has 1 aliphatic heterocycles. The van der Waals surface area contributed by atoms with Gasteiger partial charge in [-0.2, -0.15) is 0 Å². The number of aromatic carboxylic acids is 1. The summed E-state index contributed by atoms with van der Waals surface area (Å²) in [7, 11) is 0. The summed E-state index contributed by atoms with van der Waals surface area (Å²) in [6, 6.07) is 15.6. The molecule has 3 aromatic rings. The topological polar surface area (TPSA) is 99.6 Å². The van der Waals surface area contributed by atoms with Gasteiger partial charge in [0.1, 0.15) is 9.88 Å². The first-order valence-electron chi connectivity index (χ1n) is 10.5. The number of carboxylic acids is 1. The number of aromatic nitrogens is 1. The van der Waals surface area contributed by atoms with Crippen molar-refractivity contribution in [2.75, 3.05) is 13.1 Å². The summed E-state index contributed by atoms with van der Waals surface area (Å²) >= 11 is 1.21. The molecule has 1 aromatic heterocycles. The van der Waals surface area contributed by atoms with Gasteiger partial charge in [0.05, 0.1) is 11.8 Å². The highest BCUT2D eigenvalue weighted by molar-refractivity contribution is 7.16. The van der Waals surface area contributed by atoms with Gasteiger partial charge in [-0.05, 0) is 43.5 Å². The van der Waals surface area contributed by atoms with Crippen LogP contribution in [0, 0.1) is 0 Å².